The molecule has 2 N–H and O–H groups in total. The number of aliphatic hydroxyl groups is 1. The average Bonchev–Trinajstić information content (AvgIpc) is 2.71. The molecule has 1 unspecified atom stereocenters. The summed E-state index contributed by atoms with van der Waals surface area (Å²) in [7, 11) is 0. The molecule has 1 aliphatic rings. The van der Waals surface area contributed by atoms with Crippen LogP contribution in [0.15, 0.2) is 0 Å². The molecule has 2 rings (SSSR count). The first-order valence-electron chi connectivity index (χ1n) is 5.62. The second-order valence-electron chi connectivity index (χ2n) is 4.15. The first kappa shape index (κ1) is 11.0. The van der Waals surface area contributed by atoms with Crippen LogP contribution in [0.2, 0.25) is 0 Å². The van der Waals surface area contributed by atoms with Gasteiger partial charge in [-0.05, 0) is 39.2 Å². The highest BCUT2D eigenvalue weighted by atomic mass is 32.1. The molecule has 1 aromatic heterocycles. The number of hydrogen-bond donors (Lipinski definition) is 2. The lowest BCUT2D eigenvalue weighted by atomic mass is 10.3. The molecule has 0 spiro atoms. The van der Waals surface area contributed by atoms with Gasteiger partial charge in [-0.15, -0.1) is 11.3 Å². The van der Waals surface area contributed by atoms with Gasteiger partial charge in [-0.2, -0.15) is 0 Å². The second-order valence-corrected chi connectivity index (χ2v) is 5.31. The van der Waals surface area contributed by atoms with Gasteiger partial charge in [-0.1, -0.05) is 0 Å². The Bertz CT molecular complexity index is 301. The highest BCUT2D eigenvalue weighted by Crippen LogP contribution is 2.27. The van der Waals surface area contributed by atoms with E-state index in [1.165, 1.54) is 34.8 Å². The van der Waals surface area contributed by atoms with Gasteiger partial charge in [0.15, 0.2) is 0 Å². The molecule has 84 valence electrons. The van der Waals surface area contributed by atoms with Crippen LogP contribution in [0.3, 0.4) is 0 Å². The molecule has 0 aliphatic heterocycles. The molecule has 1 heterocycles. The number of fused-ring (bicyclic) bond motifs is 1. The summed E-state index contributed by atoms with van der Waals surface area (Å²) in [6.45, 7) is 3.53. The zero-order valence-corrected chi connectivity index (χ0v) is 9.94. The zero-order chi connectivity index (χ0) is 10.7. The predicted molar refractivity (Wildman–Crippen MR) is 62.1 cm³/mol. The van der Waals surface area contributed by atoms with Crippen LogP contribution in [-0.4, -0.2) is 22.7 Å². The molecule has 1 atom stereocenters. The van der Waals surface area contributed by atoms with Crippen LogP contribution >= 0.6 is 11.3 Å². The van der Waals surface area contributed by atoms with Gasteiger partial charge in [-0.25, -0.2) is 4.98 Å². The van der Waals surface area contributed by atoms with Gasteiger partial charge in [0.05, 0.1) is 11.8 Å². The minimum atomic E-state index is -0.209. The maximum Gasteiger partial charge on any atom is 0.107 e. The summed E-state index contributed by atoms with van der Waals surface area (Å²) in [6.07, 6.45) is 4.27. The van der Waals surface area contributed by atoms with E-state index >= 15 is 0 Å². The van der Waals surface area contributed by atoms with E-state index in [0.29, 0.717) is 0 Å². The van der Waals surface area contributed by atoms with E-state index in [9.17, 15) is 0 Å². The van der Waals surface area contributed by atoms with Crippen molar-refractivity contribution in [2.75, 3.05) is 6.54 Å². The van der Waals surface area contributed by atoms with Crippen molar-refractivity contribution in [3.63, 3.8) is 0 Å². The number of aryl methyl sites for hydroxylation is 2. The summed E-state index contributed by atoms with van der Waals surface area (Å²) in [6, 6.07) is 0. The Morgan fingerprint density at radius 1 is 1.53 bits per heavy atom. The number of hydrogen-bond acceptors (Lipinski definition) is 4. The monoisotopic (exact) mass is 226 g/mol. The van der Waals surface area contributed by atoms with Crippen LogP contribution in [0.1, 0.15) is 35.3 Å². The Morgan fingerprint density at radius 3 is 3.13 bits per heavy atom. The molecule has 0 fully saturated rings. The van der Waals surface area contributed by atoms with E-state index in [0.717, 1.165) is 19.5 Å². The summed E-state index contributed by atoms with van der Waals surface area (Å²) >= 11 is 1.84. The lowest BCUT2D eigenvalue weighted by Crippen LogP contribution is -2.18. The maximum atomic E-state index is 9.09. The summed E-state index contributed by atoms with van der Waals surface area (Å²) in [5, 5.41) is 13.6. The number of nitrogens with zero attached hydrogens (tertiary/aromatic N) is 1. The third kappa shape index (κ3) is 3.00. The number of aromatic nitrogens is 1. The third-order valence-electron chi connectivity index (χ3n) is 2.66. The quantitative estimate of drug-likeness (QED) is 0.748. The SMILES string of the molecule is CC(O)CCNCc1nc2c(s1)CCC2. The van der Waals surface area contributed by atoms with Crippen molar-refractivity contribution < 1.29 is 5.11 Å². The molecular formula is C11H18N2OS. The Kier molecular flexibility index (Phi) is 3.72. The van der Waals surface area contributed by atoms with Crippen molar-refractivity contribution in [1.82, 2.24) is 10.3 Å². The number of nitrogens with one attached hydrogen (secondary N) is 1. The third-order valence-corrected chi connectivity index (χ3v) is 3.81. The molecule has 1 aliphatic carbocycles. The lowest BCUT2D eigenvalue weighted by Gasteiger charge is -2.04. The zero-order valence-electron chi connectivity index (χ0n) is 9.12. The van der Waals surface area contributed by atoms with E-state index < -0.39 is 0 Å². The standard InChI is InChI=1S/C11H18N2OS/c1-8(14)5-6-12-7-11-13-9-3-2-4-10(9)15-11/h8,12,14H,2-7H2,1H3. The smallest absolute Gasteiger partial charge is 0.107 e. The van der Waals surface area contributed by atoms with Crippen molar-refractivity contribution in [3.05, 3.63) is 15.6 Å². The molecule has 1 aromatic rings. The molecule has 0 saturated heterocycles. The molecule has 0 radical (unpaired) electrons. The Hall–Kier alpha value is -0.450. The maximum absolute atomic E-state index is 9.09. The minimum absolute atomic E-state index is 0.209. The number of thiazole rings is 1. The first-order valence-corrected chi connectivity index (χ1v) is 6.43. The second kappa shape index (κ2) is 5.05. The number of rotatable bonds is 5. The lowest BCUT2D eigenvalue weighted by molar-refractivity contribution is 0.183. The number of aliphatic hydroxyl groups excluding tert-OH is 1. The van der Waals surface area contributed by atoms with Crippen molar-refractivity contribution in [2.45, 2.75) is 45.3 Å². The highest BCUT2D eigenvalue weighted by molar-refractivity contribution is 7.11. The molecule has 3 nitrogen and oxygen atoms in total. The van der Waals surface area contributed by atoms with Crippen LogP contribution in [0.25, 0.3) is 0 Å². The Labute approximate surface area is 94.5 Å². The van der Waals surface area contributed by atoms with Gasteiger partial charge in [0, 0.05) is 11.4 Å². The molecule has 0 aromatic carbocycles. The van der Waals surface area contributed by atoms with Crippen molar-refractivity contribution >= 4 is 11.3 Å². The fraction of sp³-hybridized carbons (Fsp3) is 0.727. The highest BCUT2D eigenvalue weighted by Gasteiger charge is 2.15. The molecule has 4 heteroatoms. The fourth-order valence-electron chi connectivity index (χ4n) is 1.83. The van der Waals surface area contributed by atoms with Gasteiger partial charge in [-0.3, -0.25) is 0 Å². The van der Waals surface area contributed by atoms with Crippen molar-refractivity contribution in [1.29, 1.82) is 0 Å². The van der Waals surface area contributed by atoms with Crippen LogP contribution in [0, 0.1) is 0 Å². The largest absolute Gasteiger partial charge is 0.393 e. The van der Waals surface area contributed by atoms with Crippen LogP contribution in [0.4, 0.5) is 0 Å². The summed E-state index contributed by atoms with van der Waals surface area (Å²) in [4.78, 5) is 6.09. The Morgan fingerprint density at radius 2 is 2.40 bits per heavy atom. The molecular weight excluding hydrogens is 208 g/mol. The van der Waals surface area contributed by atoms with E-state index in [4.69, 9.17) is 5.11 Å². The molecule has 15 heavy (non-hydrogen) atoms. The predicted octanol–water partition coefficient (Wildman–Crippen LogP) is 1.49. The van der Waals surface area contributed by atoms with Crippen LogP contribution < -0.4 is 5.32 Å². The minimum Gasteiger partial charge on any atom is -0.393 e. The summed E-state index contributed by atoms with van der Waals surface area (Å²) in [5.41, 5.74) is 1.33. The molecule has 0 bridgehead atoms. The van der Waals surface area contributed by atoms with E-state index in [-0.39, 0.29) is 6.10 Å². The van der Waals surface area contributed by atoms with Crippen LogP contribution in [-0.2, 0) is 19.4 Å². The van der Waals surface area contributed by atoms with Gasteiger partial charge >= 0.3 is 0 Å². The van der Waals surface area contributed by atoms with Gasteiger partial charge in [0.1, 0.15) is 5.01 Å². The van der Waals surface area contributed by atoms with E-state index in [2.05, 4.69) is 10.3 Å². The molecule has 0 amide bonds. The summed E-state index contributed by atoms with van der Waals surface area (Å²) < 4.78 is 0. The fourth-order valence-corrected chi connectivity index (χ4v) is 2.95. The van der Waals surface area contributed by atoms with Gasteiger partial charge in [0.2, 0.25) is 0 Å². The Balaban J connectivity index is 1.74. The van der Waals surface area contributed by atoms with Gasteiger partial charge < -0.3 is 10.4 Å². The first-order chi connectivity index (χ1) is 7.25. The van der Waals surface area contributed by atoms with Gasteiger partial charge in [0.25, 0.3) is 0 Å². The average molecular weight is 226 g/mol. The topological polar surface area (TPSA) is 45.1 Å². The molecule has 0 saturated carbocycles. The van der Waals surface area contributed by atoms with Crippen LogP contribution in [0.5, 0.6) is 0 Å². The van der Waals surface area contributed by atoms with Crippen molar-refractivity contribution in [2.24, 2.45) is 0 Å². The summed E-state index contributed by atoms with van der Waals surface area (Å²) in [5.74, 6) is 0. The van der Waals surface area contributed by atoms with E-state index in [1.807, 2.05) is 18.3 Å². The normalized spacial score (nSPS) is 16.7. The van der Waals surface area contributed by atoms with Crippen molar-refractivity contribution in [3.8, 4) is 0 Å². The van der Waals surface area contributed by atoms with E-state index in [1.54, 1.807) is 0 Å².